The van der Waals surface area contributed by atoms with E-state index in [0.29, 0.717) is 24.3 Å². The molecule has 324 valence electrons. The Morgan fingerprint density at radius 3 is 1.02 bits per heavy atom. The summed E-state index contributed by atoms with van der Waals surface area (Å²) in [6.45, 7) is 4.38. The number of unbranched alkanes of at least 4 members (excludes halogenated alkanes) is 18. The van der Waals surface area contributed by atoms with Crippen LogP contribution in [0.2, 0.25) is 0 Å². The molecular formula is C45H66O13. The van der Waals surface area contributed by atoms with Gasteiger partial charge in [-0.1, -0.05) is 142 Å². The first-order chi connectivity index (χ1) is 28.2. The summed E-state index contributed by atoms with van der Waals surface area (Å²) >= 11 is 0. The van der Waals surface area contributed by atoms with E-state index in [1.54, 1.807) is 24.3 Å². The number of ether oxygens (including phenoxy) is 4. The molecule has 0 N–H and O–H groups in total. The molecule has 0 heterocycles. The van der Waals surface area contributed by atoms with Crippen LogP contribution >= 0.6 is 0 Å². The lowest BCUT2D eigenvalue weighted by Crippen LogP contribution is -2.34. The number of hydrogen-bond acceptors (Lipinski definition) is 13. The Morgan fingerprint density at radius 1 is 0.431 bits per heavy atom. The Labute approximate surface area is 344 Å². The molecule has 0 aliphatic rings. The highest BCUT2D eigenvalue weighted by molar-refractivity contribution is 5.92. The zero-order chi connectivity index (χ0) is 42.2. The van der Waals surface area contributed by atoms with Gasteiger partial charge < -0.3 is 18.9 Å². The van der Waals surface area contributed by atoms with Crippen molar-refractivity contribution in [2.24, 2.45) is 0 Å². The lowest BCUT2D eigenvalue weighted by Gasteiger charge is -2.16. The summed E-state index contributed by atoms with van der Waals surface area (Å²) in [5, 5.41) is 0. The Kier molecular flexibility index (Phi) is 27.0. The minimum Gasteiger partial charge on any atom is -0.497 e. The van der Waals surface area contributed by atoms with Gasteiger partial charge in [-0.3, -0.25) is 9.78 Å². The van der Waals surface area contributed by atoms with Crippen LogP contribution in [-0.2, 0) is 38.6 Å². The fraction of sp³-hybridized carbons (Fsp3) is 0.622. The van der Waals surface area contributed by atoms with Crippen LogP contribution in [0.3, 0.4) is 0 Å². The van der Waals surface area contributed by atoms with Crippen LogP contribution in [0.1, 0.15) is 176 Å². The van der Waals surface area contributed by atoms with Gasteiger partial charge in [0.2, 0.25) is 12.2 Å². The van der Waals surface area contributed by atoms with Gasteiger partial charge in [-0.2, -0.15) is 9.78 Å². The van der Waals surface area contributed by atoms with Gasteiger partial charge in [0.1, 0.15) is 11.5 Å². The largest absolute Gasteiger partial charge is 0.524 e. The highest BCUT2D eigenvalue weighted by atomic mass is 17.2. The van der Waals surface area contributed by atoms with Gasteiger partial charge >= 0.3 is 30.0 Å². The monoisotopic (exact) mass is 814 g/mol. The van der Waals surface area contributed by atoms with Crippen molar-refractivity contribution in [1.29, 1.82) is 0 Å². The van der Waals surface area contributed by atoms with Crippen LogP contribution in [-0.4, -0.2) is 56.5 Å². The first-order valence-corrected chi connectivity index (χ1v) is 21.2. The molecule has 0 saturated carbocycles. The molecule has 0 saturated heterocycles. The Hall–Kier alpha value is -4.49. The number of rotatable bonds is 32. The minimum atomic E-state index is -1.63. The Morgan fingerprint density at radius 2 is 0.724 bits per heavy atom. The number of esters is 2. The third kappa shape index (κ3) is 21.9. The summed E-state index contributed by atoms with van der Waals surface area (Å²) in [5.74, 6) is -3.13. The molecule has 0 aliphatic heterocycles. The Bertz CT molecular complexity index is 1330. The molecule has 0 spiro atoms. The SMILES string of the molecule is CCCCCCCCCCCCC(OOC(=O)c1ccc(OC)cc1)C(=O)OC(=O)OC(=O)C(CCCCCCCCCCCC)OOC(=O)c1ccc(OC)cc1. The van der Waals surface area contributed by atoms with Crippen molar-refractivity contribution in [1.82, 2.24) is 0 Å². The lowest BCUT2D eigenvalue weighted by molar-refractivity contribution is -0.276. The first kappa shape index (κ1) is 49.7. The summed E-state index contributed by atoms with van der Waals surface area (Å²) in [4.78, 5) is 84.7. The predicted molar refractivity (Wildman–Crippen MR) is 217 cm³/mol. The molecule has 0 aliphatic carbocycles. The molecule has 0 amide bonds. The number of carbonyl (C=O) groups excluding carboxylic acids is 5. The fourth-order valence-electron chi connectivity index (χ4n) is 6.12. The fourth-order valence-corrected chi connectivity index (χ4v) is 6.12. The minimum absolute atomic E-state index is 0.0677. The van der Waals surface area contributed by atoms with E-state index in [-0.39, 0.29) is 24.0 Å². The highest BCUT2D eigenvalue weighted by Gasteiger charge is 2.31. The van der Waals surface area contributed by atoms with E-state index in [9.17, 15) is 24.0 Å². The zero-order valence-corrected chi connectivity index (χ0v) is 35.1. The number of methoxy groups -OCH3 is 2. The van der Waals surface area contributed by atoms with Crippen LogP contribution in [0.4, 0.5) is 4.79 Å². The topological polar surface area (TPSA) is 159 Å². The van der Waals surface area contributed by atoms with Crippen molar-refractivity contribution in [2.75, 3.05) is 14.2 Å². The van der Waals surface area contributed by atoms with Crippen LogP contribution in [0, 0.1) is 0 Å². The third-order valence-electron chi connectivity index (χ3n) is 9.66. The molecule has 2 aromatic carbocycles. The highest BCUT2D eigenvalue weighted by Crippen LogP contribution is 2.19. The van der Waals surface area contributed by atoms with E-state index in [1.807, 2.05) is 0 Å². The van der Waals surface area contributed by atoms with Crippen LogP contribution < -0.4 is 9.47 Å². The van der Waals surface area contributed by atoms with Crippen molar-refractivity contribution >= 4 is 30.0 Å². The van der Waals surface area contributed by atoms with Crippen LogP contribution in [0.5, 0.6) is 11.5 Å². The number of benzene rings is 2. The first-order valence-electron chi connectivity index (χ1n) is 21.2. The van der Waals surface area contributed by atoms with E-state index in [0.717, 1.165) is 51.4 Å². The molecule has 2 atom stereocenters. The maximum Gasteiger partial charge on any atom is 0.524 e. The molecule has 0 radical (unpaired) electrons. The van der Waals surface area contributed by atoms with E-state index in [1.165, 1.54) is 103 Å². The second-order valence-corrected chi connectivity index (χ2v) is 14.4. The molecule has 0 bridgehead atoms. The molecule has 2 aromatic rings. The maximum atomic E-state index is 13.1. The van der Waals surface area contributed by atoms with E-state index < -0.39 is 42.2 Å². The smallest absolute Gasteiger partial charge is 0.497 e. The van der Waals surface area contributed by atoms with Crippen molar-refractivity contribution in [3.63, 3.8) is 0 Å². The zero-order valence-electron chi connectivity index (χ0n) is 35.1. The average Bonchev–Trinajstić information content (AvgIpc) is 3.23. The molecule has 2 rings (SSSR count). The van der Waals surface area contributed by atoms with Crippen molar-refractivity contribution in [3.05, 3.63) is 59.7 Å². The normalized spacial score (nSPS) is 11.9. The van der Waals surface area contributed by atoms with Gasteiger partial charge in [-0.15, -0.1) is 0 Å². The number of hydrogen-bond donors (Lipinski definition) is 0. The van der Waals surface area contributed by atoms with Crippen molar-refractivity contribution in [3.8, 4) is 11.5 Å². The van der Waals surface area contributed by atoms with Gasteiger partial charge in [0.15, 0.2) is 0 Å². The van der Waals surface area contributed by atoms with Gasteiger partial charge in [-0.05, 0) is 61.4 Å². The van der Waals surface area contributed by atoms with Gasteiger partial charge in [0.05, 0.1) is 25.3 Å². The Balaban J connectivity index is 1.99. The summed E-state index contributed by atoms with van der Waals surface area (Å²) in [5.41, 5.74) is 0.274. The van der Waals surface area contributed by atoms with E-state index in [2.05, 4.69) is 13.8 Å². The summed E-state index contributed by atoms with van der Waals surface area (Å²) in [6, 6.07) is 12.1. The molecular weight excluding hydrogens is 748 g/mol. The molecule has 0 aromatic heterocycles. The van der Waals surface area contributed by atoms with Crippen LogP contribution in [0.15, 0.2) is 48.5 Å². The van der Waals surface area contributed by atoms with Gasteiger partial charge in [0, 0.05) is 0 Å². The molecule has 13 nitrogen and oxygen atoms in total. The predicted octanol–water partition coefficient (Wildman–Crippen LogP) is 11.1. The summed E-state index contributed by atoms with van der Waals surface area (Å²) < 4.78 is 19.9. The lowest BCUT2D eigenvalue weighted by atomic mass is 10.0. The molecule has 2 unspecified atom stereocenters. The van der Waals surface area contributed by atoms with Crippen LogP contribution in [0.25, 0.3) is 0 Å². The number of carbonyl (C=O) groups is 5. The van der Waals surface area contributed by atoms with E-state index >= 15 is 0 Å². The summed E-state index contributed by atoms with van der Waals surface area (Å²) in [7, 11) is 2.98. The average molecular weight is 815 g/mol. The molecule has 58 heavy (non-hydrogen) atoms. The second-order valence-electron chi connectivity index (χ2n) is 14.4. The molecule has 13 heteroatoms. The quantitative estimate of drug-likeness (QED) is 0.0226. The molecule has 0 fully saturated rings. The summed E-state index contributed by atoms with van der Waals surface area (Å²) in [6.07, 6.45) is 16.5. The van der Waals surface area contributed by atoms with Gasteiger partial charge in [-0.25, -0.2) is 24.0 Å². The second kappa shape index (κ2) is 31.5. The maximum absolute atomic E-state index is 13.1. The van der Waals surface area contributed by atoms with Crippen molar-refractivity contribution in [2.45, 2.75) is 167 Å². The standard InChI is InChI=1S/C45H66O13/c1-5-7-9-11-13-15-17-19-21-23-25-39(55-57-41(46)35-27-31-37(51-3)32-28-35)43(48)53-45(50)54-44(49)40(26-24-22-20-18-16-14-12-10-8-6-2)56-58-42(47)36-29-33-38(52-4)34-30-36/h27-34,39-40H,5-26H2,1-4H3. The van der Waals surface area contributed by atoms with Gasteiger partial charge in [0.25, 0.3) is 0 Å². The van der Waals surface area contributed by atoms with Crippen molar-refractivity contribution < 1.29 is 62.5 Å². The van der Waals surface area contributed by atoms with E-state index in [4.69, 9.17) is 38.5 Å². The third-order valence-corrected chi connectivity index (χ3v) is 9.66.